The normalized spacial score (nSPS) is 21.1. The molecule has 11 N–H and O–H groups in total. The first-order valence-corrected chi connectivity index (χ1v) is 38.8. The smallest absolute Gasteiger partial charge is 0.870 e. The molecular formula is C80H109LiN14O18S2. The van der Waals surface area contributed by atoms with Crippen molar-refractivity contribution in [2.45, 2.75) is 196 Å². The summed E-state index contributed by atoms with van der Waals surface area (Å²) in [6.07, 6.45) is 2.53. The van der Waals surface area contributed by atoms with Crippen molar-refractivity contribution in [3.8, 4) is 45.8 Å². The second kappa shape index (κ2) is 37.3. The first kappa shape index (κ1) is 93.9. The Hall–Kier alpha value is -9.98. The van der Waals surface area contributed by atoms with Crippen molar-refractivity contribution in [1.29, 1.82) is 0 Å². The van der Waals surface area contributed by atoms with Gasteiger partial charge in [-0.3, -0.25) is 28.8 Å². The van der Waals surface area contributed by atoms with Crippen LogP contribution in [0.15, 0.2) is 84.6 Å². The number of anilines is 2. The summed E-state index contributed by atoms with van der Waals surface area (Å²) in [5.74, 6) is -2.52. The molecule has 35 heteroatoms. The number of methoxy groups -OCH3 is 4. The van der Waals surface area contributed by atoms with E-state index in [2.05, 4.69) is 65.7 Å². The van der Waals surface area contributed by atoms with Crippen LogP contribution in [-0.2, 0) is 47.8 Å². The molecule has 2 aliphatic heterocycles. The molecule has 0 bridgehead atoms. The summed E-state index contributed by atoms with van der Waals surface area (Å²) < 4.78 is 34.4. The van der Waals surface area contributed by atoms with Gasteiger partial charge in [0.2, 0.25) is 35.4 Å². The molecule has 2 aliphatic carbocycles. The van der Waals surface area contributed by atoms with Crippen molar-refractivity contribution in [3.05, 3.63) is 84.6 Å². The summed E-state index contributed by atoms with van der Waals surface area (Å²) in [6, 6.07) is 8.47. The van der Waals surface area contributed by atoms with Crippen LogP contribution in [0.5, 0.6) is 23.0 Å². The number of hydrogen-bond donors (Lipinski definition) is 8. The van der Waals surface area contributed by atoms with Gasteiger partial charge in [0.05, 0.1) is 63.9 Å². The van der Waals surface area contributed by atoms with Gasteiger partial charge in [-0.05, 0) is 72.6 Å². The van der Waals surface area contributed by atoms with Gasteiger partial charge in [-0.25, -0.2) is 39.1 Å². The predicted octanol–water partition coefficient (Wildman–Crippen LogP) is 6.11. The van der Waals surface area contributed by atoms with Crippen LogP contribution in [0.1, 0.15) is 136 Å². The molecule has 6 heterocycles. The SMILES string of the molecule is C=C[C@H]1C[C@]1(NC(=O)[C@@H]1CC(Oc2cc(-c3csc(NC(C)=O)n3)nc3cc(OC)ccc23)CN1C(=O)[C@@H](NC(=O)N[C@H](C)C(C)(C)C)C(C)(C)C)C(=O)OC.C=C[C@H]1C[C@]1(NC(=O)[C@@H]1CC(Oc2cc(-c3csc(NC(C)=O)n3)nc3cc(OC)ccc23)CN1C(=O)[C@@H](NC(=O)N[C@H](C)C(C)(C)C)C(C)(C)C)C(=O)OC.O.[Li+].[OH-]. The van der Waals surface area contributed by atoms with E-state index in [0.717, 1.165) is 0 Å². The number of nitrogens with zero attached hydrogens (tertiary/aromatic N) is 6. The molecule has 4 aromatic heterocycles. The number of thiazole rings is 2. The molecule has 10 amide bonds. The number of ether oxygens (including phenoxy) is 6. The fraction of sp³-hybridized carbons (Fsp3) is 0.525. The maximum absolute atomic E-state index is 14.7. The van der Waals surface area contributed by atoms with Gasteiger partial charge in [-0.2, -0.15) is 0 Å². The number of carbonyl (C=O) groups excluding carboxylic acids is 10. The fourth-order valence-corrected chi connectivity index (χ4v) is 14.6. The van der Waals surface area contributed by atoms with Crippen LogP contribution in [0.4, 0.5) is 19.9 Å². The summed E-state index contributed by atoms with van der Waals surface area (Å²) in [4.78, 5) is 155. The number of urea groups is 2. The number of fused-ring (bicyclic) bond motifs is 2. The monoisotopic (exact) mass is 1620 g/mol. The Morgan fingerprint density at radius 1 is 0.522 bits per heavy atom. The second-order valence-corrected chi connectivity index (χ2v) is 34.9. The van der Waals surface area contributed by atoms with Crippen molar-refractivity contribution in [2.24, 2.45) is 33.5 Å². The van der Waals surface area contributed by atoms with Crippen molar-refractivity contribution >= 4 is 114 Å². The minimum Gasteiger partial charge on any atom is -0.870 e. The van der Waals surface area contributed by atoms with Gasteiger partial charge in [0, 0.05) is 96.4 Å². The Kier molecular flexibility index (Phi) is 30.5. The number of esters is 2. The molecule has 0 spiro atoms. The number of carbonyl (C=O) groups is 10. The number of aromatic nitrogens is 4. The first-order valence-electron chi connectivity index (χ1n) is 37.0. The van der Waals surface area contributed by atoms with E-state index >= 15 is 0 Å². The zero-order valence-electron chi connectivity index (χ0n) is 69.3. The molecule has 2 saturated heterocycles. The third kappa shape index (κ3) is 22.0. The van der Waals surface area contributed by atoms with E-state index in [1.165, 1.54) is 60.5 Å². The quantitative estimate of drug-likeness (QED) is 0.0192. The number of benzene rings is 2. The van der Waals surface area contributed by atoms with Crippen molar-refractivity contribution in [3.63, 3.8) is 0 Å². The van der Waals surface area contributed by atoms with Gasteiger partial charge in [0.1, 0.15) is 81.8 Å². The summed E-state index contributed by atoms with van der Waals surface area (Å²) in [6.45, 7) is 37.2. The summed E-state index contributed by atoms with van der Waals surface area (Å²) in [5.41, 5.74) is -1.60. The van der Waals surface area contributed by atoms with E-state index in [1.54, 1.807) is 73.5 Å². The third-order valence-corrected chi connectivity index (χ3v) is 22.3. The maximum atomic E-state index is 14.7. The Bertz CT molecular complexity index is 4340. The fourth-order valence-electron chi connectivity index (χ4n) is 13.1. The summed E-state index contributed by atoms with van der Waals surface area (Å²) >= 11 is 2.50. The van der Waals surface area contributed by atoms with Crippen molar-refractivity contribution < 1.29 is 106 Å². The largest absolute Gasteiger partial charge is 1.00 e. The van der Waals surface area contributed by atoms with E-state index < -0.39 is 106 Å². The molecule has 32 nitrogen and oxygen atoms in total. The van der Waals surface area contributed by atoms with Crippen molar-refractivity contribution in [1.82, 2.24) is 61.6 Å². The average molecular weight is 1630 g/mol. The predicted molar refractivity (Wildman–Crippen MR) is 432 cm³/mol. The molecule has 0 radical (unpaired) electrons. The molecule has 10 rings (SSSR count). The Morgan fingerprint density at radius 3 is 1.16 bits per heavy atom. The standard InChI is InChI=1S/2C40H53N7O8S.Li.2H2O/c2*1-12-23-18-40(23,35(51)54-11)46-33(49)30-16-25(19-47(30)34(50)32(39(7,8)9)45-36(52)41-21(2)38(4,5)6)55-31-17-28(29-20-56-37(44-29)42-22(3)48)43-27-15-24(53-10)13-14-26(27)31;;;/h2*12-15,17,20-21,23,25,30,32H,1,16,18-19H2,2-11H3,(H,46,49)(H2,41,45,52)(H,42,44,48);;2*1H2/q;;+1;;/p-1/t2*21-,23+,25?,30+,32-,40-;;;/m11.../s1. The Labute approximate surface area is 690 Å². The molecular weight excluding hydrogens is 1520 g/mol. The second-order valence-electron chi connectivity index (χ2n) is 33.2. The zero-order valence-corrected chi connectivity index (χ0v) is 71.0. The number of likely N-dealkylation sites (tertiary alicyclic amines) is 2. The van der Waals surface area contributed by atoms with Crippen LogP contribution in [0.2, 0.25) is 0 Å². The third-order valence-electron chi connectivity index (χ3n) is 20.8. The topological polar surface area (TPSA) is 442 Å². The van der Waals surface area contributed by atoms with Gasteiger partial charge < -0.3 is 91.7 Å². The zero-order chi connectivity index (χ0) is 82.7. The van der Waals surface area contributed by atoms with E-state index in [1.807, 2.05) is 109 Å². The van der Waals surface area contributed by atoms with Gasteiger partial charge >= 0.3 is 42.9 Å². The number of amides is 10. The molecule has 2 saturated carbocycles. The minimum atomic E-state index is -1.30. The number of rotatable bonds is 24. The van der Waals surface area contributed by atoms with E-state index in [-0.39, 0.29) is 102 Å². The van der Waals surface area contributed by atoms with Gasteiger partial charge in [0.15, 0.2) is 10.3 Å². The van der Waals surface area contributed by atoms with Gasteiger partial charge in [-0.15, -0.1) is 35.8 Å². The number of pyridine rings is 2. The molecule has 115 heavy (non-hydrogen) atoms. The Morgan fingerprint density at radius 2 is 0.870 bits per heavy atom. The molecule has 4 aliphatic rings. The van der Waals surface area contributed by atoms with E-state index in [9.17, 15) is 47.9 Å². The summed E-state index contributed by atoms with van der Waals surface area (Å²) in [5, 5.41) is 28.4. The maximum Gasteiger partial charge on any atom is 1.00 e. The van der Waals surface area contributed by atoms with Crippen LogP contribution in [0.25, 0.3) is 44.6 Å². The van der Waals surface area contributed by atoms with Gasteiger partial charge in [0.25, 0.3) is 0 Å². The van der Waals surface area contributed by atoms with Crippen LogP contribution >= 0.6 is 22.7 Å². The van der Waals surface area contributed by atoms with Crippen LogP contribution in [-0.4, -0.2) is 201 Å². The molecule has 6 aromatic rings. The van der Waals surface area contributed by atoms with Crippen molar-refractivity contribution in [2.75, 3.05) is 52.2 Å². The van der Waals surface area contributed by atoms with Gasteiger partial charge in [-0.1, -0.05) is 95.2 Å². The molecule has 12 atom stereocenters. The molecule has 4 fully saturated rings. The molecule has 2 aromatic carbocycles. The summed E-state index contributed by atoms with van der Waals surface area (Å²) in [7, 11) is 5.61. The molecule has 620 valence electrons. The number of hydrogen-bond acceptors (Lipinski definition) is 23. The van der Waals surface area contributed by atoms with Crippen LogP contribution in [0, 0.1) is 33.5 Å². The van der Waals surface area contributed by atoms with Crippen LogP contribution in [0.3, 0.4) is 0 Å². The van der Waals surface area contributed by atoms with Crippen LogP contribution < -0.4 is 80.3 Å². The number of nitrogens with one attached hydrogen (secondary N) is 8. The Balaban J connectivity index is 0.000000349. The first-order chi connectivity index (χ1) is 52.4. The van der Waals surface area contributed by atoms with E-state index in [0.29, 0.717) is 90.7 Å². The molecule has 2 unspecified atom stereocenters. The average Bonchev–Trinajstić information content (AvgIpc) is 1.58. The van der Waals surface area contributed by atoms with E-state index in [4.69, 9.17) is 38.4 Å². The minimum absolute atomic E-state index is 0.